The van der Waals surface area contributed by atoms with Gasteiger partial charge in [-0.15, -0.1) is 0 Å². The average molecular weight is 172 g/mol. The molecule has 0 spiro atoms. The van der Waals surface area contributed by atoms with Gasteiger partial charge in [0.1, 0.15) is 0 Å². The summed E-state index contributed by atoms with van der Waals surface area (Å²) >= 11 is 0. The van der Waals surface area contributed by atoms with E-state index in [0.717, 1.165) is 25.9 Å². The second kappa shape index (κ2) is 4.42. The van der Waals surface area contributed by atoms with Crippen LogP contribution in [0.1, 0.15) is 12.8 Å². The van der Waals surface area contributed by atoms with Gasteiger partial charge in [-0.2, -0.15) is 0 Å². The van der Waals surface area contributed by atoms with E-state index >= 15 is 0 Å². The molecule has 1 heterocycles. The Morgan fingerprint density at radius 2 is 2.08 bits per heavy atom. The van der Waals surface area contributed by atoms with Crippen LogP contribution >= 0.6 is 0 Å². The van der Waals surface area contributed by atoms with Gasteiger partial charge < -0.3 is 4.90 Å². The third kappa shape index (κ3) is 2.46. The predicted molar refractivity (Wildman–Crippen MR) is 45.4 cm³/mol. The molecule has 1 rings (SSSR count). The number of hydrogen-bond donors (Lipinski definition) is 1. The van der Waals surface area contributed by atoms with E-state index in [4.69, 9.17) is 0 Å². The van der Waals surface area contributed by atoms with E-state index in [9.17, 15) is 4.79 Å². The van der Waals surface area contributed by atoms with Crippen LogP contribution < -0.4 is 5.48 Å². The zero-order chi connectivity index (χ0) is 8.97. The average Bonchev–Trinajstić information content (AvgIpc) is 2.06. The van der Waals surface area contributed by atoms with E-state index in [1.807, 2.05) is 0 Å². The van der Waals surface area contributed by atoms with E-state index in [2.05, 4.69) is 22.3 Å². The van der Waals surface area contributed by atoms with Gasteiger partial charge in [-0.1, -0.05) is 0 Å². The minimum Gasteiger partial charge on any atom is -0.306 e. The maximum atomic E-state index is 11.3. The van der Waals surface area contributed by atoms with Gasteiger partial charge in [0.25, 0.3) is 0 Å². The Kier molecular flexibility index (Phi) is 3.49. The van der Waals surface area contributed by atoms with Crippen molar-refractivity contribution >= 4 is 5.91 Å². The van der Waals surface area contributed by atoms with E-state index in [0.29, 0.717) is 0 Å². The van der Waals surface area contributed by atoms with Gasteiger partial charge in [0.2, 0.25) is 5.91 Å². The largest absolute Gasteiger partial charge is 0.306 e. The molecule has 1 aliphatic heterocycles. The quantitative estimate of drug-likeness (QED) is 0.596. The maximum Gasteiger partial charge on any atom is 0.246 e. The first kappa shape index (κ1) is 9.48. The van der Waals surface area contributed by atoms with Crippen molar-refractivity contribution in [1.29, 1.82) is 0 Å². The molecule has 0 bridgehead atoms. The standard InChI is InChI=1S/C8H16N2O2/c1-10-5-3-7(4-6-10)8(11)9-12-2/h7H,3-6H2,1-2H3,(H,9,11). The van der Waals surface area contributed by atoms with Crippen LogP contribution in [0.3, 0.4) is 0 Å². The molecule has 1 saturated heterocycles. The van der Waals surface area contributed by atoms with E-state index in [-0.39, 0.29) is 11.8 Å². The van der Waals surface area contributed by atoms with Crippen LogP contribution in [0.5, 0.6) is 0 Å². The molecule has 1 fully saturated rings. The van der Waals surface area contributed by atoms with E-state index in [1.54, 1.807) is 0 Å². The molecule has 12 heavy (non-hydrogen) atoms. The number of rotatable bonds is 2. The molecule has 0 unspecified atom stereocenters. The van der Waals surface area contributed by atoms with Crippen molar-refractivity contribution in [2.24, 2.45) is 5.92 Å². The molecule has 0 atom stereocenters. The second-order valence-electron chi connectivity index (χ2n) is 3.25. The Labute approximate surface area is 72.8 Å². The number of amides is 1. The Morgan fingerprint density at radius 1 is 1.50 bits per heavy atom. The Balaban J connectivity index is 2.29. The Hall–Kier alpha value is -0.610. The lowest BCUT2D eigenvalue weighted by molar-refractivity contribution is -0.136. The summed E-state index contributed by atoms with van der Waals surface area (Å²) in [4.78, 5) is 18.1. The van der Waals surface area contributed by atoms with Crippen molar-refractivity contribution in [3.8, 4) is 0 Å². The van der Waals surface area contributed by atoms with Crippen LogP contribution in [0.15, 0.2) is 0 Å². The molecule has 0 aliphatic carbocycles. The molecule has 0 radical (unpaired) electrons. The summed E-state index contributed by atoms with van der Waals surface area (Å²) in [6.07, 6.45) is 1.87. The lowest BCUT2D eigenvalue weighted by Gasteiger charge is -2.27. The van der Waals surface area contributed by atoms with Gasteiger partial charge in [-0.3, -0.25) is 9.63 Å². The zero-order valence-electron chi connectivity index (χ0n) is 7.67. The summed E-state index contributed by atoms with van der Waals surface area (Å²) in [5.74, 6) is 0.159. The van der Waals surface area contributed by atoms with Crippen LogP contribution in [0.25, 0.3) is 0 Å². The van der Waals surface area contributed by atoms with Crippen LogP contribution in [0, 0.1) is 5.92 Å². The predicted octanol–water partition coefficient (Wildman–Crippen LogP) is 0.00580. The highest BCUT2D eigenvalue weighted by atomic mass is 16.6. The number of likely N-dealkylation sites (tertiary alicyclic amines) is 1. The van der Waals surface area contributed by atoms with Crippen molar-refractivity contribution < 1.29 is 9.63 Å². The number of hydrogen-bond acceptors (Lipinski definition) is 3. The molecule has 4 nitrogen and oxygen atoms in total. The van der Waals surface area contributed by atoms with E-state index in [1.165, 1.54) is 7.11 Å². The summed E-state index contributed by atoms with van der Waals surface area (Å²) < 4.78 is 0. The van der Waals surface area contributed by atoms with Crippen molar-refractivity contribution in [3.63, 3.8) is 0 Å². The van der Waals surface area contributed by atoms with E-state index < -0.39 is 0 Å². The van der Waals surface area contributed by atoms with Gasteiger partial charge in [0.15, 0.2) is 0 Å². The highest BCUT2D eigenvalue weighted by Crippen LogP contribution is 2.15. The number of hydroxylamine groups is 1. The van der Waals surface area contributed by atoms with Crippen molar-refractivity contribution in [1.82, 2.24) is 10.4 Å². The van der Waals surface area contributed by atoms with Gasteiger partial charge in [0, 0.05) is 5.92 Å². The molecule has 1 amide bonds. The number of carbonyl (C=O) groups excluding carboxylic acids is 1. The van der Waals surface area contributed by atoms with Crippen LogP contribution in [-0.4, -0.2) is 38.1 Å². The molecule has 0 aromatic heterocycles. The molecule has 0 aromatic rings. The Morgan fingerprint density at radius 3 is 2.58 bits per heavy atom. The molecule has 1 aliphatic rings. The van der Waals surface area contributed by atoms with Crippen LogP contribution in [-0.2, 0) is 9.63 Å². The first-order valence-electron chi connectivity index (χ1n) is 4.25. The Bertz CT molecular complexity index is 153. The molecule has 4 heteroatoms. The minimum absolute atomic E-state index is 0.0191. The molecule has 0 saturated carbocycles. The molecule has 0 aromatic carbocycles. The third-order valence-electron chi connectivity index (χ3n) is 2.29. The molecule has 1 N–H and O–H groups in total. The second-order valence-corrected chi connectivity index (χ2v) is 3.25. The van der Waals surface area contributed by atoms with Crippen LogP contribution in [0.4, 0.5) is 0 Å². The van der Waals surface area contributed by atoms with Crippen molar-refractivity contribution in [3.05, 3.63) is 0 Å². The summed E-state index contributed by atoms with van der Waals surface area (Å²) in [7, 11) is 3.54. The fraction of sp³-hybridized carbons (Fsp3) is 0.875. The van der Waals surface area contributed by atoms with Crippen molar-refractivity contribution in [2.45, 2.75) is 12.8 Å². The summed E-state index contributed by atoms with van der Waals surface area (Å²) in [5, 5.41) is 0. The van der Waals surface area contributed by atoms with Gasteiger partial charge >= 0.3 is 0 Å². The van der Waals surface area contributed by atoms with Gasteiger partial charge in [-0.05, 0) is 33.0 Å². The fourth-order valence-corrected chi connectivity index (χ4v) is 1.45. The smallest absolute Gasteiger partial charge is 0.246 e. The highest BCUT2D eigenvalue weighted by molar-refractivity contribution is 5.77. The van der Waals surface area contributed by atoms with Crippen molar-refractivity contribution in [2.75, 3.05) is 27.2 Å². The first-order valence-corrected chi connectivity index (χ1v) is 4.25. The summed E-state index contributed by atoms with van der Waals surface area (Å²) in [6.45, 7) is 2.00. The maximum absolute atomic E-state index is 11.3. The lowest BCUT2D eigenvalue weighted by atomic mass is 9.97. The molecular formula is C8H16N2O2. The minimum atomic E-state index is 0.0191. The topological polar surface area (TPSA) is 41.6 Å². The zero-order valence-corrected chi connectivity index (χ0v) is 7.67. The number of nitrogens with zero attached hydrogens (tertiary/aromatic N) is 1. The lowest BCUT2D eigenvalue weighted by Crippen LogP contribution is -2.38. The van der Waals surface area contributed by atoms with Gasteiger partial charge in [-0.25, -0.2) is 5.48 Å². The number of piperidine rings is 1. The van der Waals surface area contributed by atoms with Crippen LogP contribution in [0.2, 0.25) is 0 Å². The number of nitrogens with one attached hydrogen (secondary N) is 1. The third-order valence-corrected chi connectivity index (χ3v) is 2.29. The first-order chi connectivity index (χ1) is 5.74. The monoisotopic (exact) mass is 172 g/mol. The summed E-state index contributed by atoms with van der Waals surface area (Å²) in [6, 6.07) is 0. The SMILES string of the molecule is CONC(=O)C1CCN(C)CC1. The summed E-state index contributed by atoms with van der Waals surface area (Å²) in [5.41, 5.74) is 2.37. The fourth-order valence-electron chi connectivity index (χ4n) is 1.45. The number of carbonyl (C=O) groups is 1. The normalized spacial score (nSPS) is 20.8. The highest BCUT2D eigenvalue weighted by Gasteiger charge is 2.22. The molecular weight excluding hydrogens is 156 g/mol. The molecule has 70 valence electrons. The van der Waals surface area contributed by atoms with Gasteiger partial charge in [0.05, 0.1) is 7.11 Å².